The van der Waals surface area contributed by atoms with Crippen LogP contribution in [-0.2, 0) is 0 Å². The molecule has 0 aliphatic carbocycles. The normalized spacial score (nSPS) is 11.3. The SMILES string of the molecule is Cc1nc2c(cc(Oc3ccc(Cl)nn3)c3ccsc32)s1. The summed E-state index contributed by atoms with van der Waals surface area (Å²) in [5.74, 6) is 1.19. The predicted molar refractivity (Wildman–Crippen MR) is 86.9 cm³/mol. The van der Waals surface area contributed by atoms with E-state index in [0.717, 1.165) is 31.1 Å². The second-order valence-corrected chi connectivity index (χ2v) is 6.95. The van der Waals surface area contributed by atoms with E-state index in [-0.39, 0.29) is 0 Å². The summed E-state index contributed by atoms with van der Waals surface area (Å²) in [4.78, 5) is 4.60. The minimum atomic E-state index is 0.344. The van der Waals surface area contributed by atoms with Gasteiger partial charge in [-0.15, -0.1) is 32.9 Å². The molecule has 0 spiro atoms. The number of fused-ring (bicyclic) bond motifs is 3. The minimum absolute atomic E-state index is 0.344. The predicted octanol–water partition coefficient (Wildman–Crippen LogP) is 5.06. The van der Waals surface area contributed by atoms with Gasteiger partial charge in [0.15, 0.2) is 5.15 Å². The van der Waals surface area contributed by atoms with Crippen molar-refractivity contribution in [1.82, 2.24) is 15.2 Å². The molecule has 4 rings (SSSR count). The molecular weight excluding hydrogens is 326 g/mol. The molecule has 3 aromatic heterocycles. The number of ether oxygens (including phenoxy) is 1. The molecule has 21 heavy (non-hydrogen) atoms. The van der Waals surface area contributed by atoms with E-state index < -0.39 is 0 Å². The fourth-order valence-corrected chi connectivity index (χ4v) is 4.08. The van der Waals surface area contributed by atoms with Crippen LogP contribution in [0.3, 0.4) is 0 Å². The standard InChI is InChI=1S/C14H8ClN3OS2/c1-7-16-13-10(21-7)6-9(8-4-5-20-14(8)13)19-12-3-2-11(15)17-18-12/h2-6H,1H3. The molecule has 1 aromatic carbocycles. The highest BCUT2D eigenvalue weighted by molar-refractivity contribution is 7.21. The van der Waals surface area contributed by atoms with Crippen molar-refractivity contribution in [3.63, 3.8) is 0 Å². The molecule has 4 nitrogen and oxygen atoms in total. The minimum Gasteiger partial charge on any atom is -0.437 e. The van der Waals surface area contributed by atoms with E-state index >= 15 is 0 Å². The quantitative estimate of drug-likeness (QED) is 0.514. The zero-order valence-corrected chi connectivity index (χ0v) is 13.2. The topological polar surface area (TPSA) is 47.9 Å². The van der Waals surface area contributed by atoms with Crippen LogP contribution >= 0.6 is 34.3 Å². The molecule has 0 unspecified atom stereocenters. The second kappa shape index (κ2) is 4.91. The van der Waals surface area contributed by atoms with E-state index in [0.29, 0.717) is 11.0 Å². The number of thiazole rings is 1. The molecule has 7 heteroatoms. The lowest BCUT2D eigenvalue weighted by Gasteiger charge is -2.05. The third kappa shape index (κ3) is 2.25. The van der Waals surface area contributed by atoms with Gasteiger partial charge in [-0.05, 0) is 24.4 Å². The first-order valence-electron chi connectivity index (χ1n) is 6.15. The number of nitrogens with zero attached hydrogens (tertiary/aromatic N) is 3. The van der Waals surface area contributed by atoms with Gasteiger partial charge in [0.2, 0.25) is 5.88 Å². The summed E-state index contributed by atoms with van der Waals surface area (Å²) in [6, 6.07) is 7.40. The molecule has 0 saturated carbocycles. The van der Waals surface area contributed by atoms with E-state index in [1.807, 2.05) is 24.4 Å². The zero-order chi connectivity index (χ0) is 14.4. The third-order valence-electron chi connectivity index (χ3n) is 2.99. The van der Waals surface area contributed by atoms with Crippen molar-refractivity contribution in [2.45, 2.75) is 6.92 Å². The van der Waals surface area contributed by atoms with Crippen molar-refractivity contribution in [3.8, 4) is 11.6 Å². The van der Waals surface area contributed by atoms with E-state index in [1.165, 1.54) is 0 Å². The van der Waals surface area contributed by atoms with Gasteiger partial charge in [-0.2, -0.15) is 0 Å². The Morgan fingerprint density at radius 1 is 1.19 bits per heavy atom. The van der Waals surface area contributed by atoms with Crippen molar-refractivity contribution in [3.05, 3.63) is 39.8 Å². The van der Waals surface area contributed by atoms with Crippen molar-refractivity contribution in [1.29, 1.82) is 0 Å². The van der Waals surface area contributed by atoms with E-state index in [4.69, 9.17) is 16.3 Å². The van der Waals surface area contributed by atoms with Crippen molar-refractivity contribution < 1.29 is 4.74 Å². The van der Waals surface area contributed by atoms with Crippen LogP contribution in [0.1, 0.15) is 5.01 Å². The van der Waals surface area contributed by atoms with E-state index in [9.17, 15) is 0 Å². The summed E-state index contributed by atoms with van der Waals surface area (Å²) in [6.07, 6.45) is 0. The Morgan fingerprint density at radius 2 is 2.10 bits per heavy atom. The first kappa shape index (κ1) is 12.9. The van der Waals surface area contributed by atoms with Gasteiger partial charge >= 0.3 is 0 Å². The fourth-order valence-electron chi connectivity index (χ4n) is 2.14. The van der Waals surface area contributed by atoms with Crippen molar-refractivity contribution in [2.75, 3.05) is 0 Å². The maximum atomic E-state index is 5.88. The number of hydrogen-bond acceptors (Lipinski definition) is 6. The Morgan fingerprint density at radius 3 is 2.90 bits per heavy atom. The van der Waals surface area contributed by atoms with Gasteiger partial charge in [-0.1, -0.05) is 11.6 Å². The highest BCUT2D eigenvalue weighted by Crippen LogP contribution is 2.40. The number of aryl methyl sites for hydroxylation is 1. The van der Waals surface area contributed by atoms with Crippen LogP contribution < -0.4 is 4.74 Å². The average Bonchev–Trinajstić information content (AvgIpc) is 3.07. The molecule has 3 heterocycles. The molecule has 0 N–H and O–H groups in total. The van der Waals surface area contributed by atoms with Gasteiger partial charge in [0.05, 0.1) is 19.9 Å². The molecule has 0 bridgehead atoms. The number of rotatable bonds is 2. The number of aromatic nitrogens is 3. The fraction of sp³-hybridized carbons (Fsp3) is 0.0714. The first-order valence-corrected chi connectivity index (χ1v) is 8.22. The Bertz CT molecular complexity index is 946. The number of benzene rings is 1. The van der Waals surface area contributed by atoms with E-state index in [1.54, 1.807) is 34.8 Å². The Hall–Kier alpha value is -1.76. The molecule has 0 saturated heterocycles. The lowest BCUT2D eigenvalue weighted by molar-refractivity contribution is 0.461. The lowest BCUT2D eigenvalue weighted by atomic mass is 10.2. The molecule has 4 aromatic rings. The Labute approximate surface area is 133 Å². The van der Waals surface area contributed by atoms with Crippen LogP contribution in [0.25, 0.3) is 20.3 Å². The monoisotopic (exact) mass is 333 g/mol. The number of hydrogen-bond donors (Lipinski definition) is 0. The van der Waals surface area contributed by atoms with Gasteiger partial charge < -0.3 is 4.74 Å². The highest BCUT2D eigenvalue weighted by Gasteiger charge is 2.13. The van der Waals surface area contributed by atoms with Crippen molar-refractivity contribution >= 4 is 54.6 Å². The third-order valence-corrected chi connectivity index (χ3v) is 5.03. The summed E-state index contributed by atoms with van der Waals surface area (Å²) in [7, 11) is 0. The van der Waals surface area contributed by atoms with Crippen LogP contribution in [-0.4, -0.2) is 15.2 Å². The number of halogens is 1. The van der Waals surface area contributed by atoms with Gasteiger partial charge in [-0.25, -0.2) is 4.98 Å². The maximum Gasteiger partial charge on any atom is 0.238 e. The summed E-state index contributed by atoms with van der Waals surface area (Å²) in [5, 5.41) is 12.2. The van der Waals surface area contributed by atoms with Crippen LogP contribution in [0.4, 0.5) is 0 Å². The highest BCUT2D eigenvalue weighted by atomic mass is 35.5. The van der Waals surface area contributed by atoms with Gasteiger partial charge in [0.25, 0.3) is 0 Å². The van der Waals surface area contributed by atoms with E-state index in [2.05, 4.69) is 15.2 Å². The Balaban J connectivity index is 1.89. The Kier molecular flexibility index (Phi) is 3.02. The van der Waals surface area contributed by atoms with Gasteiger partial charge in [0.1, 0.15) is 5.75 Å². The molecule has 0 fully saturated rings. The summed E-state index contributed by atoms with van der Waals surface area (Å²) < 4.78 is 8.12. The summed E-state index contributed by atoms with van der Waals surface area (Å²) in [6.45, 7) is 2.01. The molecule has 0 atom stereocenters. The molecule has 0 radical (unpaired) electrons. The molecule has 0 aliphatic heterocycles. The van der Waals surface area contributed by atoms with Crippen LogP contribution in [0, 0.1) is 6.92 Å². The van der Waals surface area contributed by atoms with Crippen LogP contribution in [0.5, 0.6) is 11.6 Å². The zero-order valence-electron chi connectivity index (χ0n) is 10.8. The van der Waals surface area contributed by atoms with Crippen LogP contribution in [0.15, 0.2) is 29.6 Å². The largest absolute Gasteiger partial charge is 0.437 e. The second-order valence-electron chi connectivity index (χ2n) is 4.41. The number of thiophene rings is 1. The molecule has 0 amide bonds. The molecule has 104 valence electrons. The summed E-state index contributed by atoms with van der Waals surface area (Å²) >= 11 is 9.06. The lowest BCUT2D eigenvalue weighted by Crippen LogP contribution is -1.90. The summed E-state index contributed by atoms with van der Waals surface area (Å²) in [5.41, 5.74) is 1.04. The first-order chi connectivity index (χ1) is 10.2. The van der Waals surface area contributed by atoms with Gasteiger partial charge in [-0.3, -0.25) is 0 Å². The van der Waals surface area contributed by atoms with Crippen molar-refractivity contribution in [2.24, 2.45) is 0 Å². The smallest absolute Gasteiger partial charge is 0.238 e. The maximum absolute atomic E-state index is 5.88. The molecule has 0 aliphatic rings. The average molecular weight is 334 g/mol. The van der Waals surface area contributed by atoms with Gasteiger partial charge in [0, 0.05) is 17.5 Å². The molecular formula is C14H8ClN3OS2. The van der Waals surface area contributed by atoms with Crippen LogP contribution in [0.2, 0.25) is 5.15 Å².